The molecule has 0 radical (unpaired) electrons. The van der Waals surface area contributed by atoms with E-state index in [1.807, 2.05) is 6.07 Å². The van der Waals surface area contributed by atoms with Crippen molar-refractivity contribution in [2.45, 2.75) is 26.2 Å². The monoisotopic (exact) mass is 358 g/mol. The van der Waals surface area contributed by atoms with Crippen molar-refractivity contribution < 1.29 is 23.8 Å². The SMILES string of the molecule is C[C@H]1CCc2sc(C(=O)OCC(=O)c3ccc4c(c3)OCO4)cc2C1. The summed E-state index contributed by atoms with van der Waals surface area (Å²) in [7, 11) is 0. The fourth-order valence-electron chi connectivity index (χ4n) is 3.16. The molecule has 0 saturated carbocycles. The molecule has 6 heteroatoms. The highest BCUT2D eigenvalue weighted by Gasteiger charge is 2.22. The summed E-state index contributed by atoms with van der Waals surface area (Å²) in [6, 6.07) is 6.87. The molecule has 1 aromatic heterocycles. The Labute approximate surface area is 149 Å². The number of Topliss-reactive ketones (excluding diaryl/α,β-unsaturated/α-hetero) is 1. The first-order valence-electron chi connectivity index (χ1n) is 8.31. The fraction of sp³-hybridized carbons (Fsp3) is 0.368. The number of carbonyl (C=O) groups excluding carboxylic acids is 2. The van der Waals surface area contributed by atoms with Crippen molar-refractivity contribution in [2.75, 3.05) is 13.4 Å². The van der Waals surface area contributed by atoms with Gasteiger partial charge in [0.05, 0.1) is 0 Å². The zero-order chi connectivity index (χ0) is 17.4. The maximum Gasteiger partial charge on any atom is 0.348 e. The number of aryl methyl sites for hydroxylation is 1. The number of ketones is 1. The second kappa shape index (κ2) is 6.52. The molecule has 130 valence electrons. The van der Waals surface area contributed by atoms with Crippen LogP contribution in [-0.2, 0) is 17.6 Å². The van der Waals surface area contributed by atoms with Crippen molar-refractivity contribution in [3.8, 4) is 11.5 Å². The molecule has 1 atom stereocenters. The maximum atomic E-state index is 12.3. The zero-order valence-electron chi connectivity index (χ0n) is 13.9. The van der Waals surface area contributed by atoms with Crippen LogP contribution in [0, 0.1) is 5.92 Å². The molecule has 0 saturated heterocycles. The summed E-state index contributed by atoms with van der Waals surface area (Å²) in [6.45, 7) is 2.10. The van der Waals surface area contributed by atoms with E-state index in [9.17, 15) is 9.59 Å². The van der Waals surface area contributed by atoms with E-state index in [2.05, 4.69) is 6.92 Å². The Morgan fingerprint density at radius 2 is 2.08 bits per heavy atom. The number of fused-ring (bicyclic) bond motifs is 2. The average Bonchev–Trinajstić information content (AvgIpc) is 3.24. The molecule has 2 aliphatic rings. The summed E-state index contributed by atoms with van der Waals surface area (Å²) in [5, 5.41) is 0. The molecule has 1 aliphatic carbocycles. The summed E-state index contributed by atoms with van der Waals surface area (Å²) in [4.78, 5) is 26.4. The molecule has 4 rings (SSSR count). The van der Waals surface area contributed by atoms with Gasteiger partial charge in [-0.2, -0.15) is 0 Å². The van der Waals surface area contributed by atoms with Crippen molar-refractivity contribution in [3.05, 3.63) is 45.1 Å². The third-order valence-electron chi connectivity index (χ3n) is 4.56. The molecule has 0 bridgehead atoms. The Balaban J connectivity index is 1.39. The van der Waals surface area contributed by atoms with Crippen LogP contribution in [0.1, 0.15) is 43.8 Å². The molecule has 2 aromatic rings. The average molecular weight is 358 g/mol. The molecule has 0 fully saturated rings. The third-order valence-corrected chi connectivity index (χ3v) is 5.78. The quantitative estimate of drug-likeness (QED) is 0.617. The van der Waals surface area contributed by atoms with E-state index in [1.54, 1.807) is 18.2 Å². The van der Waals surface area contributed by atoms with E-state index in [1.165, 1.54) is 21.8 Å². The van der Waals surface area contributed by atoms with Gasteiger partial charge in [0.1, 0.15) is 4.88 Å². The molecule has 0 unspecified atom stereocenters. The van der Waals surface area contributed by atoms with Crippen LogP contribution in [0.3, 0.4) is 0 Å². The van der Waals surface area contributed by atoms with Crippen molar-refractivity contribution in [1.82, 2.24) is 0 Å². The zero-order valence-corrected chi connectivity index (χ0v) is 14.7. The van der Waals surface area contributed by atoms with Crippen LogP contribution in [0.5, 0.6) is 11.5 Å². The smallest absolute Gasteiger partial charge is 0.348 e. The highest BCUT2D eigenvalue weighted by atomic mass is 32.1. The topological polar surface area (TPSA) is 61.8 Å². The molecule has 1 aromatic carbocycles. The van der Waals surface area contributed by atoms with Crippen molar-refractivity contribution in [1.29, 1.82) is 0 Å². The van der Waals surface area contributed by atoms with Gasteiger partial charge in [0.25, 0.3) is 0 Å². The van der Waals surface area contributed by atoms with Gasteiger partial charge in [-0.25, -0.2) is 4.79 Å². The highest BCUT2D eigenvalue weighted by molar-refractivity contribution is 7.14. The maximum absolute atomic E-state index is 12.3. The highest BCUT2D eigenvalue weighted by Crippen LogP contribution is 2.33. The number of carbonyl (C=O) groups is 2. The number of esters is 1. The standard InChI is InChI=1S/C19H18O5S/c1-11-2-5-17-13(6-11)8-18(25-17)19(21)22-9-14(20)12-3-4-15-16(7-12)24-10-23-15/h3-4,7-8,11H,2,5-6,9-10H2,1H3/t11-/m0/s1. The van der Waals surface area contributed by atoms with E-state index in [0.29, 0.717) is 27.9 Å². The largest absolute Gasteiger partial charge is 0.454 e. The Hall–Kier alpha value is -2.34. The number of hydrogen-bond donors (Lipinski definition) is 0. The molecule has 5 nitrogen and oxygen atoms in total. The predicted molar refractivity (Wildman–Crippen MR) is 92.7 cm³/mol. The Morgan fingerprint density at radius 1 is 1.24 bits per heavy atom. The minimum absolute atomic E-state index is 0.156. The van der Waals surface area contributed by atoms with Gasteiger partial charge < -0.3 is 14.2 Å². The molecule has 25 heavy (non-hydrogen) atoms. The molecule has 0 N–H and O–H groups in total. The Kier molecular flexibility index (Phi) is 4.21. The van der Waals surface area contributed by atoms with Crippen LogP contribution >= 0.6 is 11.3 Å². The summed E-state index contributed by atoms with van der Waals surface area (Å²) >= 11 is 1.49. The van der Waals surface area contributed by atoms with Crippen LogP contribution in [0.2, 0.25) is 0 Å². The van der Waals surface area contributed by atoms with Gasteiger partial charge in [-0.15, -0.1) is 11.3 Å². The second-order valence-electron chi connectivity index (χ2n) is 6.47. The summed E-state index contributed by atoms with van der Waals surface area (Å²) in [5.41, 5.74) is 1.69. The van der Waals surface area contributed by atoms with Crippen LogP contribution in [0.4, 0.5) is 0 Å². The molecule has 0 spiro atoms. The van der Waals surface area contributed by atoms with Crippen molar-refractivity contribution in [3.63, 3.8) is 0 Å². The van der Waals surface area contributed by atoms with E-state index >= 15 is 0 Å². The van der Waals surface area contributed by atoms with Crippen LogP contribution in [-0.4, -0.2) is 25.2 Å². The lowest BCUT2D eigenvalue weighted by Gasteiger charge is -2.16. The first kappa shape index (κ1) is 16.1. The molecular formula is C19H18O5S. The summed E-state index contributed by atoms with van der Waals surface area (Å²) in [5.74, 6) is 1.12. The van der Waals surface area contributed by atoms with Gasteiger partial charge in [-0.05, 0) is 55.0 Å². The van der Waals surface area contributed by atoms with E-state index in [0.717, 1.165) is 19.3 Å². The van der Waals surface area contributed by atoms with Crippen LogP contribution in [0.15, 0.2) is 24.3 Å². The normalized spacial score (nSPS) is 17.9. The lowest BCUT2D eigenvalue weighted by molar-refractivity contribution is 0.0479. The second-order valence-corrected chi connectivity index (χ2v) is 7.61. The van der Waals surface area contributed by atoms with Crippen LogP contribution < -0.4 is 9.47 Å². The summed E-state index contributed by atoms with van der Waals surface area (Å²) < 4.78 is 15.7. The van der Waals surface area contributed by atoms with Gasteiger partial charge in [-0.1, -0.05) is 6.92 Å². The van der Waals surface area contributed by atoms with Crippen LogP contribution in [0.25, 0.3) is 0 Å². The van der Waals surface area contributed by atoms with Gasteiger partial charge in [0.2, 0.25) is 6.79 Å². The van der Waals surface area contributed by atoms with Gasteiger partial charge in [0.15, 0.2) is 23.9 Å². The van der Waals surface area contributed by atoms with E-state index in [-0.39, 0.29) is 19.2 Å². The lowest BCUT2D eigenvalue weighted by Crippen LogP contribution is -2.13. The van der Waals surface area contributed by atoms with E-state index < -0.39 is 5.97 Å². The minimum Gasteiger partial charge on any atom is -0.454 e. The number of benzene rings is 1. The summed E-state index contributed by atoms with van der Waals surface area (Å²) in [6.07, 6.45) is 3.18. The van der Waals surface area contributed by atoms with Gasteiger partial charge in [0, 0.05) is 10.4 Å². The molecule has 0 amide bonds. The Bertz CT molecular complexity index is 838. The molecule has 1 aliphatic heterocycles. The van der Waals surface area contributed by atoms with Crippen molar-refractivity contribution >= 4 is 23.1 Å². The minimum atomic E-state index is -0.429. The molecular weight excluding hydrogens is 340 g/mol. The number of ether oxygens (including phenoxy) is 3. The first-order valence-corrected chi connectivity index (χ1v) is 9.13. The molecule has 2 heterocycles. The van der Waals surface area contributed by atoms with Gasteiger partial charge >= 0.3 is 5.97 Å². The van der Waals surface area contributed by atoms with Crippen molar-refractivity contribution in [2.24, 2.45) is 5.92 Å². The fourth-order valence-corrected chi connectivity index (χ4v) is 4.26. The van der Waals surface area contributed by atoms with Gasteiger partial charge in [-0.3, -0.25) is 4.79 Å². The Morgan fingerprint density at radius 3 is 2.96 bits per heavy atom. The lowest BCUT2D eigenvalue weighted by atomic mass is 9.90. The third kappa shape index (κ3) is 3.26. The van der Waals surface area contributed by atoms with E-state index in [4.69, 9.17) is 14.2 Å². The number of thiophene rings is 1. The number of hydrogen-bond acceptors (Lipinski definition) is 6. The number of rotatable bonds is 4. The predicted octanol–water partition coefficient (Wildman–Crippen LogP) is 3.64. The first-order chi connectivity index (χ1) is 12.1.